The minimum absolute atomic E-state index is 0.185. The number of H-pyrrole nitrogens is 1. The molecule has 0 aliphatic heterocycles. The van der Waals surface area contributed by atoms with Gasteiger partial charge in [-0.15, -0.1) is 0 Å². The van der Waals surface area contributed by atoms with Crippen LogP contribution in [0.25, 0.3) is 0 Å². The van der Waals surface area contributed by atoms with Crippen LogP contribution in [0.1, 0.15) is 46.0 Å². The van der Waals surface area contributed by atoms with Crippen LogP contribution in [-0.2, 0) is 4.74 Å². The molecule has 24 heavy (non-hydrogen) atoms. The molecule has 1 atom stereocenters. The van der Waals surface area contributed by atoms with Gasteiger partial charge in [-0.1, -0.05) is 0 Å². The second-order valence-electron chi connectivity index (χ2n) is 5.58. The number of ether oxygens (including phenoxy) is 1. The fraction of sp³-hybridized carbons (Fsp3) is 0.333. The van der Waals surface area contributed by atoms with Crippen molar-refractivity contribution >= 4 is 17.4 Å². The Hall–Kier alpha value is -2.63. The van der Waals surface area contributed by atoms with Gasteiger partial charge in [0.1, 0.15) is 5.82 Å². The van der Waals surface area contributed by atoms with Gasteiger partial charge in [0.05, 0.1) is 23.9 Å². The molecule has 0 amide bonds. The van der Waals surface area contributed by atoms with E-state index < -0.39 is 12.0 Å². The molecule has 5 nitrogen and oxygen atoms in total. The largest absolute Gasteiger partial charge is 0.462 e. The molecule has 128 valence electrons. The molecule has 6 heteroatoms. The lowest BCUT2D eigenvalue weighted by Crippen LogP contribution is -2.27. The number of hydrogen-bond acceptors (Lipinski definition) is 4. The van der Waals surface area contributed by atoms with Gasteiger partial charge in [-0.25, -0.2) is 9.18 Å². The van der Waals surface area contributed by atoms with E-state index in [1.54, 1.807) is 39.8 Å². The number of aromatic amines is 1. The molecule has 0 aliphatic rings. The normalized spacial score (nSPS) is 11.9. The number of anilines is 1. The monoisotopic (exact) mass is 332 g/mol. The van der Waals surface area contributed by atoms with E-state index in [0.717, 1.165) is 0 Å². The molecule has 1 aromatic heterocycles. The third-order valence-electron chi connectivity index (χ3n) is 3.78. The van der Waals surface area contributed by atoms with Crippen molar-refractivity contribution in [3.8, 4) is 0 Å². The first-order valence-corrected chi connectivity index (χ1v) is 7.77. The lowest BCUT2D eigenvalue weighted by Gasteiger charge is -2.14. The number of Topliss-reactive ketones (excluding diaryl/α,β-unsaturated/α-hetero) is 1. The van der Waals surface area contributed by atoms with Crippen LogP contribution in [0.4, 0.5) is 10.1 Å². The lowest BCUT2D eigenvalue weighted by atomic mass is 10.0. The van der Waals surface area contributed by atoms with Crippen LogP contribution in [-0.4, -0.2) is 29.4 Å². The van der Waals surface area contributed by atoms with Crippen molar-refractivity contribution in [3.05, 3.63) is 52.6 Å². The number of benzene rings is 1. The van der Waals surface area contributed by atoms with Crippen molar-refractivity contribution in [2.45, 2.75) is 33.7 Å². The number of carbonyl (C=O) groups is 2. The molecule has 0 aliphatic carbocycles. The molecule has 2 rings (SSSR count). The number of rotatable bonds is 6. The van der Waals surface area contributed by atoms with Gasteiger partial charge >= 0.3 is 5.97 Å². The van der Waals surface area contributed by atoms with E-state index in [0.29, 0.717) is 28.2 Å². The van der Waals surface area contributed by atoms with Gasteiger partial charge in [-0.3, -0.25) is 4.79 Å². The summed E-state index contributed by atoms with van der Waals surface area (Å²) in [6, 6.07) is 5.24. The van der Waals surface area contributed by atoms with Crippen LogP contribution in [0.2, 0.25) is 0 Å². The van der Waals surface area contributed by atoms with E-state index >= 15 is 0 Å². The smallest absolute Gasteiger partial charge is 0.340 e. The van der Waals surface area contributed by atoms with Crippen molar-refractivity contribution in [2.24, 2.45) is 0 Å². The Kier molecular flexibility index (Phi) is 5.39. The molecule has 0 radical (unpaired) electrons. The number of carbonyl (C=O) groups excluding carboxylic acids is 2. The highest BCUT2D eigenvalue weighted by Gasteiger charge is 2.25. The Labute approximate surface area is 140 Å². The highest BCUT2D eigenvalue weighted by atomic mass is 19.1. The van der Waals surface area contributed by atoms with E-state index in [1.165, 1.54) is 12.1 Å². The summed E-state index contributed by atoms with van der Waals surface area (Å²) >= 11 is 0. The fourth-order valence-electron chi connectivity index (χ4n) is 2.58. The van der Waals surface area contributed by atoms with E-state index in [2.05, 4.69) is 10.3 Å². The number of aromatic nitrogens is 1. The summed E-state index contributed by atoms with van der Waals surface area (Å²) < 4.78 is 18.0. The number of hydrogen-bond donors (Lipinski definition) is 2. The predicted octanol–water partition coefficient (Wildman–Crippen LogP) is 3.63. The van der Waals surface area contributed by atoms with Gasteiger partial charge in [0, 0.05) is 11.4 Å². The Morgan fingerprint density at radius 2 is 1.88 bits per heavy atom. The summed E-state index contributed by atoms with van der Waals surface area (Å²) in [7, 11) is 0. The van der Waals surface area contributed by atoms with Crippen LogP contribution in [0, 0.1) is 19.7 Å². The number of ketones is 1. The first-order valence-electron chi connectivity index (χ1n) is 7.77. The molecule has 0 unspecified atom stereocenters. The lowest BCUT2D eigenvalue weighted by molar-refractivity contribution is 0.0525. The van der Waals surface area contributed by atoms with Crippen molar-refractivity contribution in [2.75, 3.05) is 11.9 Å². The summed E-state index contributed by atoms with van der Waals surface area (Å²) in [6.45, 7) is 7.16. The molecule has 2 N–H and O–H groups in total. The maximum atomic E-state index is 12.9. The molecular weight excluding hydrogens is 311 g/mol. The molecule has 1 aromatic carbocycles. The third kappa shape index (κ3) is 3.64. The second-order valence-corrected chi connectivity index (χ2v) is 5.58. The standard InChI is InChI=1S/C18H21FN2O3/c1-5-24-18(23)15-10(2)16(21-11(15)3)17(22)12(4)20-14-8-6-13(19)7-9-14/h6-9,12,20-21H,5H2,1-4H3/t12-/m1/s1. The maximum absolute atomic E-state index is 12.9. The summed E-state index contributed by atoms with van der Waals surface area (Å²) in [5, 5.41) is 3.03. The Morgan fingerprint density at radius 3 is 2.46 bits per heavy atom. The SMILES string of the molecule is CCOC(=O)c1c(C)[nH]c(C(=O)[C@@H](C)Nc2ccc(F)cc2)c1C. The van der Waals surface area contributed by atoms with Crippen molar-refractivity contribution in [1.82, 2.24) is 4.98 Å². The minimum atomic E-state index is -0.540. The number of halogens is 1. The van der Waals surface area contributed by atoms with Crippen LogP contribution in [0.15, 0.2) is 24.3 Å². The van der Waals surface area contributed by atoms with E-state index in [9.17, 15) is 14.0 Å². The van der Waals surface area contributed by atoms with Crippen molar-refractivity contribution in [1.29, 1.82) is 0 Å². The quantitative estimate of drug-likeness (QED) is 0.626. The first kappa shape index (κ1) is 17.7. The highest BCUT2D eigenvalue weighted by molar-refractivity contribution is 6.04. The van der Waals surface area contributed by atoms with Crippen molar-refractivity contribution in [3.63, 3.8) is 0 Å². The minimum Gasteiger partial charge on any atom is -0.462 e. The molecular formula is C18H21FN2O3. The van der Waals surface area contributed by atoms with Gasteiger partial charge in [-0.05, 0) is 57.5 Å². The average Bonchev–Trinajstić information content (AvgIpc) is 2.83. The summed E-state index contributed by atoms with van der Waals surface area (Å²) in [6.07, 6.45) is 0. The maximum Gasteiger partial charge on any atom is 0.340 e. The zero-order chi connectivity index (χ0) is 17.9. The van der Waals surface area contributed by atoms with Gasteiger partial charge in [0.15, 0.2) is 0 Å². The van der Waals surface area contributed by atoms with Crippen molar-refractivity contribution < 1.29 is 18.7 Å². The van der Waals surface area contributed by atoms with E-state index in [4.69, 9.17) is 4.74 Å². The zero-order valence-electron chi connectivity index (χ0n) is 14.2. The van der Waals surface area contributed by atoms with Crippen LogP contribution in [0.5, 0.6) is 0 Å². The molecule has 0 spiro atoms. The predicted molar refractivity (Wildman–Crippen MR) is 90.0 cm³/mol. The van der Waals surface area contributed by atoms with Gasteiger partial charge in [-0.2, -0.15) is 0 Å². The number of nitrogens with one attached hydrogen (secondary N) is 2. The third-order valence-corrected chi connectivity index (χ3v) is 3.78. The fourth-order valence-corrected chi connectivity index (χ4v) is 2.58. The van der Waals surface area contributed by atoms with Crippen LogP contribution >= 0.6 is 0 Å². The number of esters is 1. The molecule has 0 saturated heterocycles. The molecule has 1 heterocycles. The average molecular weight is 332 g/mol. The molecule has 2 aromatic rings. The van der Waals surface area contributed by atoms with E-state index in [1.807, 2.05) is 0 Å². The summed E-state index contributed by atoms with van der Waals surface area (Å²) in [5.41, 5.74) is 2.59. The van der Waals surface area contributed by atoms with Crippen LogP contribution in [0.3, 0.4) is 0 Å². The first-order chi connectivity index (χ1) is 11.3. The Balaban J connectivity index is 2.21. The Bertz CT molecular complexity index is 750. The topological polar surface area (TPSA) is 71.2 Å². The number of aryl methyl sites for hydroxylation is 1. The summed E-state index contributed by atoms with van der Waals surface area (Å²) in [4.78, 5) is 27.7. The van der Waals surface area contributed by atoms with E-state index in [-0.39, 0.29) is 18.2 Å². The second kappa shape index (κ2) is 7.29. The molecule has 0 fully saturated rings. The Morgan fingerprint density at radius 1 is 1.25 bits per heavy atom. The van der Waals surface area contributed by atoms with Crippen LogP contribution < -0.4 is 5.32 Å². The van der Waals surface area contributed by atoms with Gasteiger partial charge < -0.3 is 15.0 Å². The molecule has 0 saturated carbocycles. The molecule has 0 bridgehead atoms. The van der Waals surface area contributed by atoms with Gasteiger partial charge in [0.25, 0.3) is 0 Å². The highest BCUT2D eigenvalue weighted by Crippen LogP contribution is 2.21. The van der Waals surface area contributed by atoms with Gasteiger partial charge in [0.2, 0.25) is 5.78 Å². The summed E-state index contributed by atoms with van der Waals surface area (Å²) in [5.74, 6) is -0.966. The zero-order valence-corrected chi connectivity index (χ0v) is 14.2.